The van der Waals surface area contributed by atoms with Crippen LogP contribution in [0.25, 0.3) is 0 Å². The van der Waals surface area contributed by atoms with E-state index in [9.17, 15) is 14.0 Å². The molecule has 1 aliphatic rings. The van der Waals surface area contributed by atoms with Gasteiger partial charge in [-0.3, -0.25) is 9.59 Å². The molecule has 4 rings (SSSR count). The van der Waals surface area contributed by atoms with E-state index < -0.39 is 5.54 Å². The van der Waals surface area contributed by atoms with Gasteiger partial charge >= 0.3 is 0 Å². The lowest BCUT2D eigenvalue weighted by atomic mass is 10.1. The van der Waals surface area contributed by atoms with E-state index in [1.165, 1.54) is 56.0 Å². The molecule has 0 spiro atoms. The number of benzene rings is 1. The van der Waals surface area contributed by atoms with Gasteiger partial charge in [-0.1, -0.05) is 69.3 Å². The summed E-state index contributed by atoms with van der Waals surface area (Å²) in [6, 6.07) is 7.99. The summed E-state index contributed by atoms with van der Waals surface area (Å²) in [5.74, 6) is 0.706. The second-order valence-electron chi connectivity index (χ2n) is 9.89. The molecule has 0 aliphatic heterocycles. The molecular weight excluding hydrogens is 501 g/mol. The lowest BCUT2D eigenvalue weighted by Gasteiger charge is -2.23. The Kier molecular flexibility index (Phi) is 10.0. The van der Waals surface area contributed by atoms with Crippen molar-refractivity contribution in [2.75, 3.05) is 6.54 Å². The molecule has 0 radical (unpaired) electrons. The Hall–Kier alpha value is -3.07. The Morgan fingerprint density at radius 1 is 1.05 bits per heavy atom. The maximum atomic E-state index is 13.4. The van der Waals surface area contributed by atoms with E-state index >= 15 is 0 Å². The van der Waals surface area contributed by atoms with Gasteiger partial charge < -0.3 is 9.88 Å². The highest BCUT2D eigenvalue weighted by Crippen LogP contribution is 2.46. The summed E-state index contributed by atoms with van der Waals surface area (Å²) in [6.07, 6.45) is 15.0. The van der Waals surface area contributed by atoms with Crippen molar-refractivity contribution in [1.82, 2.24) is 24.8 Å². The molecule has 9 heteroatoms. The van der Waals surface area contributed by atoms with Crippen LogP contribution in [0.2, 0.25) is 0 Å². The second-order valence-corrected chi connectivity index (χ2v) is 10.8. The minimum atomic E-state index is -0.751. The first-order valence-corrected chi connectivity index (χ1v) is 14.5. The molecule has 1 N–H and O–H groups in total. The standard InChI is InChI=1S/C29H36FN5O2S/c1-2-3-4-5-6-7-8-16-33-27(37)29(14-15-29)35-20-23(19-25-31-17-9-18-32-25)26(36)34-28(35)38-21-22-10-12-24(30)13-11-22/h9-13,17-18,20H,2-8,14-16,19,21H2,1H3,(H,33,37). The fourth-order valence-electron chi connectivity index (χ4n) is 4.47. The molecule has 2 heterocycles. The third-order valence-electron chi connectivity index (χ3n) is 6.89. The Bertz CT molecular complexity index is 1250. The number of aromatic nitrogens is 4. The summed E-state index contributed by atoms with van der Waals surface area (Å²) < 4.78 is 15.2. The Balaban J connectivity index is 1.49. The van der Waals surface area contributed by atoms with Crippen LogP contribution >= 0.6 is 11.8 Å². The van der Waals surface area contributed by atoms with E-state index in [1.54, 1.807) is 36.8 Å². The van der Waals surface area contributed by atoms with Gasteiger partial charge in [-0.15, -0.1) is 0 Å². The zero-order valence-electron chi connectivity index (χ0n) is 22.0. The first kappa shape index (κ1) is 28.0. The second kappa shape index (κ2) is 13.6. The smallest absolute Gasteiger partial charge is 0.277 e. The number of carbonyl (C=O) groups is 1. The molecule has 0 bridgehead atoms. The molecule has 0 saturated heterocycles. The largest absolute Gasteiger partial charge is 0.354 e. The van der Waals surface area contributed by atoms with Crippen molar-refractivity contribution in [2.45, 2.75) is 87.6 Å². The molecule has 1 aromatic carbocycles. The Morgan fingerprint density at radius 3 is 2.42 bits per heavy atom. The number of thioether (sulfide) groups is 1. The average molecular weight is 538 g/mol. The SMILES string of the molecule is CCCCCCCCCNC(=O)C1(n2cc(Cc3ncccn3)c(=O)nc2SCc2ccc(F)cc2)CC1. The van der Waals surface area contributed by atoms with Crippen LogP contribution in [0.1, 0.15) is 81.7 Å². The number of nitrogens with one attached hydrogen (secondary N) is 1. The number of amides is 1. The van der Waals surface area contributed by atoms with Gasteiger partial charge in [-0.2, -0.15) is 4.98 Å². The number of hydrogen-bond acceptors (Lipinski definition) is 6. The van der Waals surface area contributed by atoms with E-state index in [4.69, 9.17) is 0 Å². The molecule has 202 valence electrons. The highest BCUT2D eigenvalue weighted by molar-refractivity contribution is 7.98. The fourth-order valence-corrected chi connectivity index (χ4v) is 5.48. The summed E-state index contributed by atoms with van der Waals surface area (Å²) in [4.78, 5) is 39.3. The van der Waals surface area contributed by atoms with Crippen LogP contribution in [0, 0.1) is 5.82 Å². The van der Waals surface area contributed by atoms with Gasteiger partial charge in [0.25, 0.3) is 5.56 Å². The maximum absolute atomic E-state index is 13.4. The normalized spacial score (nSPS) is 13.8. The van der Waals surface area contributed by atoms with E-state index in [0.29, 0.717) is 41.7 Å². The van der Waals surface area contributed by atoms with Crippen LogP contribution in [-0.4, -0.2) is 32.0 Å². The molecule has 1 fully saturated rings. The number of halogens is 1. The van der Waals surface area contributed by atoms with Crippen molar-refractivity contribution in [3.63, 3.8) is 0 Å². The number of rotatable bonds is 15. The van der Waals surface area contributed by atoms with Gasteiger partial charge in [0.1, 0.15) is 17.2 Å². The van der Waals surface area contributed by atoms with Gasteiger partial charge in [0, 0.05) is 42.9 Å². The molecular formula is C29H36FN5O2S. The van der Waals surface area contributed by atoms with Crippen LogP contribution in [0.5, 0.6) is 0 Å². The first-order chi connectivity index (χ1) is 18.5. The lowest BCUT2D eigenvalue weighted by Crippen LogP contribution is -2.41. The summed E-state index contributed by atoms with van der Waals surface area (Å²) in [5, 5.41) is 3.62. The van der Waals surface area contributed by atoms with Crippen molar-refractivity contribution in [3.05, 3.63) is 82.0 Å². The molecule has 7 nitrogen and oxygen atoms in total. The molecule has 1 amide bonds. The van der Waals surface area contributed by atoms with Crippen molar-refractivity contribution in [2.24, 2.45) is 0 Å². The van der Waals surface area contributed by atoms with Crippen LogP contribution in [0.4, 0.5) is 4.39 Å². The summed E-state index contributed by atoms with van der Waals surface area (Å²) in [7, 11) is 0. The molecule has 3 aromatic rings. The predicted molar refractivity (Wildman–Crippen MR) is 148 cm³/mol. The highest BCUT2D eigenvalue weighted by atomic mass is 32.2. The molecule has 1 saturated carbocycles. The summed E-state index contributed by atoms with van der Waals surface area (Å²) in [5.41, 5.74) is 0.259. The zero-order chi connectivity index (χ0) is 26.8. The first-order valence-electron chi connectivity index (χ1n) is 13.6. The molecule has 38 heavy (non-hydrogen) atoms. The van der Waals surface area contributed by atoms with Gasteiger partial charge in [-0.05, 0) is 43.0 Å². The third kappa shape index (κ3) is 7.49. The maximum Gasteiger partial charge on any atom is 0.277 e. The van der Waals surface area contributed by atoms with E-state index in [2.05, 4.69) is 27.2 Å². The van der Waals surface area contributed by atoms with Crippen LogP contribution in [0.3, 0.4) is 0 Å². The third-order valence-corrected chi connectivity index (χ3v) is 7.91. The highest BCUT2D eigenvalue weighted by Gasteiger charge is 2.52. The average Bonchev–Trinajstić information content (AvgIpc) is 3.74. The molecule has 0 atom stereocenters. The van der Waals surface area contributed by atoms with Crippen LogP contribution in [-0.2, 0) is 22.5 Å². The molecule has 2 aromatic heterocycles. The number of carbonyl (C=O) groups excluding carboxylic acids is 1. The topological polar surface area (TPSA) is 89.8 Å². The molecule has 0 unspecified atom stereocenters. The van der Waals surface area contributed by atoms with Crippen molar-refractivity contribution < 1.29 is 9.18 Å². The Labute approximate surface area is 227 Å². The van der Waals surface area contributed by atoms with E-state index in [-0.39, 0.29) is 23.7 Å². The van der Waals surface area contributed by atoms with Crippen molar-refractivity contribution in [3.8, 4) is 0 Å². The number of nitrogens with zero attached hydrogens (tertiary/aromatic N) is 4. The monoisotopic (exact) mass is 537 g/mol. The van der Waals surface area contributed by atoms with E-state index in [0.717, 1.165) is 18.4 Å². The quantitative estimate of drug-likeness (QED) is 0.158. The number of unbranched alkanes of at least 4 members (excludes halogenated alkanes) is 6. The van der Waals surface area contributed by atoms with Crippen molar-refractivity contribution in [1.29, 1.82) is 0 Å². The Morgan fingerprint density at radius 2 is 1.74 bits per heavy atom. The summed E-state index contributed by atoms with van der Waals surface area (Å²) >= 11 is 1.38. The fraction of sp³-hybridized carbons (Fsp3) is 0.483. The van der Waals surface area contributed by atoms with E-state index in [1.807, 2.05) is 4.57 Å². The predicted octanol–water partition coefficient (Wildman–Crippen LogP) is 5.41. The lowest BCUT2D eigenvalue weighted by molar-refractivity contribution is -0.125. The summed E-state index contributed by atoms with van der Waals surface area (Å²) in [6.45, 7) is 2.86. The van der Waals surface area contributed by atoms with Gasteiger partial charge in [0.15, 0.2) is 5.16 Å². The van der Waals surface area contributed by atoms with Gasteiger partial charge in [0.2, 0.25) is 5.91 Å². The zero-order valence-corrected chi connectivity index (χ0v) is 22.8. The number of hydrogen-bond donors (Lipinski definition) is 1. The minimum absolute atomic E-state index is 0.0283. The van der Waals surface area contributed by atoms with Gasteiger partial charge in [0.05, 0.1) is 0 Å². The molecule has 1 aliphatic carbocycles. The van der Waals surface area contributed by atoms with Gasteiger partial charge in [-0.25, -0.2) is 14.4 Å². The minimum Gasteiger partial charge on any atom is -0.354 e. The van der Waals surface area contributed by atoms with Crippen molar-refractivity contribution >= 4 is 17.7 Å². The van der Waals surface area contributed by atoms with Crippen LogP contribution in [0.15, 0.2) is 58.9 Å². The van der Waals surface area contributed by atoms with Crippen LogP contribution < -0.4 is 10.9 Å².